The highest BCUT2D eigenvalue weighted by atomic mass is 32.2. The fourth-order valence-corrected chi connectivity index (χ4v) is 6.93. The summed E-state index contributed by atoms with van der Waals surface area (Å²) in [5, 5.41) is 4.91. The van der Waals surface area contributed by atoms with Gasteiger partial charge in [-0.25, -0.2) is 22.8 Å². The van der Waals surface area contributed by atoms with Gasteiger partial charge in [0.25, 0.3) is 10.0 Å². The van der Waals surface area contributed by atoms with Crippen LogP contribution in [-0.4, -0.2) is 49.5 Å². The molecule has 2 aliphatic rings. The molecule has 1 saturated heterocycles. The van der Waals surface area contributed by atoms with Crippen LogP contribution >= 0.6 is 22.7 Å². The Balaban J connectivity index is 1.27. The summed E-state index contributed by atoms with van der Waals surface area (Å²) >= 11 is 3.00. The van der Waals surface area contributed by atoms with Crippen molar-refractivity contribution in [3.8, 4) is 0 Å². The fourth-order valence-electron chi connectivity index (χ4n) is 4.31. The van der Waals surface area contributed by atoms with Crippen molar-refractivity contribution in [2.24, 2.45) is 0 Å². The number of thiazole rings is 2. The molecule has 1 atom stereocenters. The van der Waals surface area contributed by atoms with E-state index in [1.165, 1.54) is 47.5 Å². The van der Waals surface area contributed by atoms with E-state index in [2.05, 4.69) is 24.9 Å². The lowest BCUT2D eigenvalue weighted by Gasteiger charge is -2.29. The Morgan fingerprint density at radius 2 is 2.09 bits per heavy atom. The molecule has 1 N–H and O–H groups in total. The normalized spacial score (nSPS) is 19.2. The lowest BCUT2D eigenvalue weighted by Crippen LogP contribution is -2.35. The summed E-state index contributed by atoms with van der Waals surface area (Å²) in [6, 6.07) is 2.95. The number of hydrogen-bond donors (Lipinski definition) is 1. The second-order valence-corrected chi connectivity index (χ2v) is 12.1. The van der Waals surface area contributed by atoms with E-state index in [1.54, 1.807) is 16.7 Å². The van der Waals surface area contributed by atoms with Crippen LogP contribution in [0.3, 0.4) is 0 Å². The Bertz CT molecular complexity index is 1240. The average molecular weight is 508 g/mol. The number of nitrogens with one attached hydrogen (secondary N) is 1. The number of halogens is 1. The molecule has 1 saturated carbocycles. The molecular formula is C22H26FN5O2S3. The number of sulfonamides is 1. The van der Waals surface area contributed by atoms with E-state index >= 15 is 0 Å². The maximum absolute atomic E-state index is 15.0. The number of hydrogen-bond acceptors (Lipinski definition) is 8. The van der Waals surface area contributed by atoms with E-state index in [0.717, 1.165) is 31.1 Å². The summed E-state index contributed by atoms with van der Waals surface area (Å²) < 4.78 is 42.6. The van der Waals surface area contributed by atoms with Gasteiger partial charge in [0.15, 0.2) is 5.82 Å². The standard InChI is InChI=1S/C22H26FN5O2S3/c1-14-7-20(33(29,30)26-21-12-31-13-24-21)17(23)8-19(14)27(2)16-5-6-28(9-16)10-22-25-18(11-32-22)15-3-4-15/h7-8,11-13,15-16,26H,3-6,9-10H2,1-2H3. The quantitative estimate of drug-likeness (QED) is 0.486. The Hall–Kier alpha value is -2.08. The van der Waals surface area contributed by atoms with Gasteiger partial charge in [0.2, 0.25) is 0 Å². The number of aryl methyl sites for hydroxylation is 1. The van der Waals surface area contributed by atoms with E-state index in [-0.39, 0.29) is 16.8 Å². The van der Waals surface area contributed by atoms with Crippen molar-refractivity contribution in [3.05, 3.63) is 50.5 Å². The SMILES string of the molecule is Cc1cc(S(=O)(=O)Nc2cscn2)c(F)cc1N(C)C1CCN(Cc2nc(C3CC3)cs2)C1. The molecule has 1 aliphatic heterocycles. The lowest BCUT2D eigenvalue weighted by atomic mass is 10.1. The molecule has 0 bridgehead atoms. The molecule has 11 heteroatoms. The number of aromatic nitrogens is 2. The maximum atomic E-state index is 15.0. The maximum Gasteiger partial charge on any atom is 0.266 e. The molecule has 0 radical (unpaired) electrons. The summed E-state index contributed by atoms with van der Waals surface area (Å²) in [7, 11) is -2.10. The van der Waals surface area contributed by atoms with E-state index in [0.29, 0.717) is 17.2 Å². The summed E-state index contributed by atoms with van der Waals surface area (Å²) in [5.41, 5.74) is 4.18. The predicted molar refractivity (Wildman–Crippen MR) is 130 cm³/mol. The van der Waals surface area contributed by atoms with E-state index in [4.69, 9.17) is 4.98 Å². The minimum atomic E-state index is -4.05. The minimum Gasteiger partial charge on any atom is -0.370 e. The van der Waals surface area contributed by atoms with Crippen LogP contribution in [0.2, 0.25) is 0 Å². The van der Waals surface area contributed by atoms with Crippen LogP contribution in [0, 0.1) is 12.7 Å². The van der Waals surface area contributed by atoms with Gasteiger partial charge in [-0.1, -0.05) is 0 Å². The van der Waals surface area contributed by atoms with Crippen LogP contribution < -0.4 is 9.62 Å². The van der Waals surface area contributed by atoms with Crippen LogP contribution in [0.5, 0.6) is 0 Å². The first-order valence-electron chi connectivity index (χ1n) is 10.9. The number of likely N-dealkylation sites (tertiary alicyclic amines) is 1. The molecular weight excluding hydrogens is 481 g/mol. The molecule has 33 heavy (non-hydrogen) atoms. The molecule has 176 valence electrons. The van der Waals surface area contributed by atoms with Gasteiger partial charge in [0.05, 0.1) is 17.7 Å². The van der Waals surface area contributed by atoms with Crippen LogP contribution in [0.1, 0.15) is 41.4 Å². The molecule has 3 aromatic rings. The van der Waals surface area contributed by atoms with Crippen molar-refractivity contribution in [2.45, 2.75) is 49.6 Å². The third-order valence-corrected chi connectivity index (χ3v) is 9.12. The zero-order valence-electron chi connectivity index (χ0n) is 18.5. The Morgan fingerprint density at radius 3 is 2.82 bits per heavy atom. The van der Waals surface area contributed by atoms with Gasteiger partial charge in [-0.15, -0.1) is 22.7 Å². The van der Waals surface area contributed by atoms with Crippen molar-refractivity contribution in [3.63, 3.8) is 0 Å². The average Bonchev–Trinajstić information content (AvgIpc) is 3.15. The van der Waals surface area contributed by atoms with Crippen molar-refractivity contribution >= 4 is 44.2 Å². The molecule has 2 fully saturated rings. The molecule has 7 nitrogen and oxygen atoms in total. The number of benzene rings is 1. The highest BCUT2D eigenvalue weighted by molar-refractivity contribution is 7.92. The summed E-state index contributed by atoms with van der Waals surface area (Å²) in [6.07, 6.45) is 3.48. The van der Waals surface area contributed by atoms with Crippen LogP contribution in [0.4, 0.5) is 15.9 Å². The smallest absolute Gasteiger partial charge is 0.266 e. The van der Waals surface area contributed by atoms with Gasteiger partial charge in [0.1, 0.15) is 15.7 Å². The molecule has 3 heterocycles. The highest BCUT2D eigenvalue weighted by Crippen LogP contribution is 2.40. The first kappa shape index (κ1) is 22.7. The van der Waals surface area contributed by atoms with Crippen LogP contribution in [0.25, 0.3) is 0 Å². The Morgan fingerprint density at radius 1 is 1.27 bits per heavy atom. The number of nitrogens with zero attached hydrogens (tertiary/aromatic N) is 4. The van der Waals surface area contributed by atoms with Gasteiger partial charge in [-0.3, -0.25) is 9.62 Å². The summed E-state index contributed by atoms with van der Waals surface area (Å²) in [5.74, 6) is 0.0954. The van der Waals surface area contributed by atoms with E-state index in [1.807, 2.05) is 14.0 Å². The zero-order chi connectivity index (χ0) is 23.2. The summed E-state index contributed by atoms with van der Waals surface area (Å²) in [6.45, 7) is 4.48. The first-order valence-corrected chi connectivity index (χ1v) is 14.2. The van der Waals surface area contributed by atoms with Crippen molar-refractivity contribution in [1.82, 2.24) is 14.9 Å². The van der Waals surface area contributed by atoms with Crippen molar-refractivity contribution in [2.75, 3.05) is 29.8 Å². The lowest BCUT2D eigenvalue weighted by molar-refractivity contribution is 0.325. The molecule has 5 rings (SSSR count). The predicted octanol–water partition coefficient (Wildman–Crippen LogP) is 4.44. The number of anilines is 2. The fraction of sp³-hybridized carbons (Fsp3) is 0.455. The van der Waals surface area contributed by atoms with Gasteiger partial charge in [-0.05, 0) is 43.9 Å². The third-order valence-electron chi connectivity index (χ3n) is 6.31. The molecule has 1 unspecified atom stereocenters. The molecule has 1 aliphatic carbocycles. The van der Waals surface area contributed by atoms with Crippen LogP contribution in [-0.2, 0) is 16.6 Å². The second-order valence-electron chi connectivity index (χ2n) is 8.78. The van der Waals surface area contributed by atoms with Gasteiger partial charge < -0.3 is 4.90 Å². The van der Waals surface area contributed by atoms with Crippen molar-refractivity contribution in [1.29, 1.82) is 0 Å². The van der Waals surface area contributed by atoms with Crippen LogP contribution in [0.15, 0.2) is 33.3 Å². The molecule has 0 amide bonds. The van der Waals surface area contributed by atoms with Gasteiger partial charge in [0, 0.05) is 48.5 Å². The highest BCUT2D eigenvalue weighted by Gasteiger charge is 2.30. The van der Waals surface area contributed by atoms with E-state index in [9.17, 15) is 12.8 Å². The molecule has 2 aromatic heterocycles. The number of likely N-dealkylation sites (N-methyl/N-ethyl adjacent to an activating group) is 1. The number of rotatable bonds is 8. The topological polar surface area (TPSA) is 78.4 Å². The first-order chi connectivity index (χ1) is 15.8. The van der Waals surface area contributed by atoms with Gasteiger partial charge >= 0.3 is 0 Å². The third kappa shape index (κ3) is 4.91. The summed E-state index contributed by atoms with van der Waals surface area (Å²) in [4.78, 5) is 12.8. The van der Waals surface area contributed by atoms with Gasteiger partial charge in [-0.2, -0.15) is 0 Å². The minimum absolute atomic E-state index is 0.189. The van der Waals surface area contributed by atoms with Crippen molar-refractivity contribution < 1.29 is 12.8 Å². The largest absolute Gasteiger partial charge is 0.370 e. The van der Waals surface area contributed by atoms with E-state index < -0.39 is 15.8 Å². The molecule has 1 aromatic carbocycles. The monoisotopic (exact) mass is 507 g/mol. The molecule has 0 spiro atoms. The second kappa shape index (κ2) is 8.94. The Kier molecular flexibility index (Phi) is 6.15. The Labute approximate surface area is 201 Å². The zero-order valence-corrected chi connectivity index (χ0v) is 20.9.